The summed E-state index contributed by atoms with van der Waals surface area (Å²) in [5.41, 5.74) is 2.02. The van der Waals surface area contributed by atoms with E-state index in [1.807, 2.05) is 53.4 Å². The zero-order chi connectivity index (χ0) is 21.8. The second-order valence-corrected chi connectivity index (χ2v) is 8.41. The van der Waals surface area contributed by atoms with Gasteiger partial charge in [-0.2, -0.15) is 0 Å². The van der Waals surface area contributed by atoms with E-state index in [0.29, 0.717) is 37.1 Å². The molecule has 0 unspecified atom stereocenters. The summed E-state index contributed by atoms with van der Waals surface area (Å²) < 4.78 is 11.5. The average molecular weight is 425 g/mol. The van der Waals surface area contributed by atoms with Crippen LogP contribution in [0.3, 0.4) is 0 Å². The molecule has 1 saturated heterocycles. The Labute approximate surface area is 182 Å². The van der Waals surface area contributed by atoms with E-state index in [1.165, 1.54) is 4.90 Å². The van der Waals surface area contributed by atoms with Gasteiger partial charge in [0.1, 0.15) is 6.61 Å². The van der Waals surface area contributed by atoms with Crippen molar-refractivity contribution in [1.82, 2.24) is 4.90 Å². The summed E-state index contributed by atoms with van der Waals surface area (Å²) in [6.07, 6.45) is -0.618. The minimum absolute atomic E-state index is 0.00324. The average Bonchev–Trinajstić information content (AvgIpc) is 2.79. The van der Waals surface area contributed by atoms with Gasteiger partial charge in [-0.15, -0.1) is 0 Å². The fourth-order valence-electron chi connectivity index (χ4n) is 4.10. The van der Waals surface area contributed by atoms with E-state index in [4.69, 9.17) is 9.47 Å². The van der Waals surface area contributed by atoms with Crippen LogP contribution in [-0.2, 0) is 9.59 Å². The Morgan fingerprint density at radius 2 is 1.74 bits per heavy atom. The Kier molecular flexibility index (Phi) is 6.42. The summed E-state index contributed by atoms with van der Waals surface area (Å²) in [6.45, 7) is 7.52. The Morgan fingerprint density at radius 3 is 2.48 bits per heavy atom. The van der Waals surface area contributed by atoms with Crippen LogP contribution in [0.4, 0.5) is 5.69 Å². The third kappa shape index (κ3) is 4.99. The van der Waals surface area contributed by atoms with Crippen molar-refractivity contribution in [2.24, 2.45) is 0 Å². The number of hydrogen-bond donors (Lipinski definition) is 2. The van der Waals surface area contributed by atoms with E-state index < -0.39 is 6.10 Å². The number of carbonyl (C=O) groups is 2. The van der Waals surface area contributed by atoms with Crippen LogP contribution in [0, 0.1) is 0 Å². The molecule has 2 aromatic rings. The van der Waals surface area contributed by atoms with Crippen LogP contribution < -0.4 is 19.7 Å². The molecule has 2 aliphatic heterocycles. The molecule has 1 atom stereocenters. The van der Waals surface area contributed by atoms with Crippen LogP contribution in [-0.4, -0.2) is 62.1 Å². The maximum atomic E-state index is 12.9. The highest BCUT2D eigenvalue weighted by molar-refractivity contribution is 5.92. The monoisotopic (exact) mass is 424 g/mol. The first-order valence-corrected chi connectivity index (χ1v) is 10.9. The van der Waals surface area contributed by atoms with Gasteiger partial charge in [0.05, 0.1) is 26.2 Å². The van der Waals surface area contributed by atoms with Gasteiger partial charge in [0.2, 0.25) is 6.10 Å². The predicted octanol–water partition coefficient (Wildman–Crippen LogP) is 1.32. The molecule has 0 aliphatic carbocycles. The molecular weight excluding hydrogens is 394 g/mol. The molecule has 7 nitrogen and oxygen atoms in total. The van der Waals surface area contributed by atoms with E-state index in [1.54, 1.807) is 0 Å². The van der Waals surface area contributed by atoms with Gasteiger partial charge < -0.3 is 24.6 Å². The highest BCUT2D eigenvalue weighted by Crippen LogP contribution is 2.31. The van der Waals surface area contributed by atoms with Crippen LogP contribution >= 0.6 is 0 Å². The highest BCUT2D eigenvalue weighted by atomic mass is 16.6. The van der Waals surface area contributed by atoms with Crippen molar-refractivity contribution in [3.05, 3.63) is 54.1 Å². The first kappa shape index (κ1) is 21.2. The molecular formula is C24H30N3O4+. The van der Waals surface area contributed by atoms with E-state index in [2.05, 4.69) is 19.2 Å². The Balaban J connectivity index is 1.26. The summed E-state index contributed by atoms with van der Waals surface area (Å²) in [6, 6.07) is 15.3. The molecule has 7 heteroatoms. The number of carbonyl (C=O) groups excluding carboxylic acids is 2. The standard InChI is InChI=1S/C24H29N3O4/c1-17(2)18-7-3-4-8-19(18)25-23(28)15-26-11-13-27(14-12-26)24(29)22-16-30-20-9-5-6-10-21(20)31-22/h3-10,17,22H,11-16H2,1-2H3,(H,25,28)/p+1/t22-/m1/s1. The minimum Gasteiger partial charge on any atom is -0.485 e. The van der Waals surface area contributed by atoms with Crippen molar-refractivity contribution < 1.29 is 24.0 Å². The quantitative estimate of drug-likeness (QED) is 0.759. The van der Waals surface area contributed by atoms with Gasteiger partial charge in [0.25, 0.3) is 11.8 Å². The predicted molar refractivity (Wildman–Crippen MR) is 118 cm³/mol. The van der Waals surface area contributed by atoms with Crippen LogP contribution in [0.1, 0.15) is 25.3 Å². The normalized spacial score (nSPS) is 18.7. The van der Waals surface area contributed by atoms with Gasteiger partial charge in [0.15, 0.2) is 18.0 Å². The lowest BCUT2D eigenvalue weighted by Crippen LogP contribution is -3.15. The van der Waals surface area contributed by atoms with Crippen molar-refractivity contribution in [1.29, 1.82) is 0 Å². The van der Waals surface area contributed by atoms with Crippen LogP contribution in [0.25, 0.3) is 0 Å². The number of nitrogens with zero attached hydrogens (tertiary/aromatic N) is 1. The number of piperazine rings is 1. The van der Waals surface area contributed by atoms with E-state index in [0.717, 1.165) is 24.3 Å². The molecule has 2 amide bonds. The molecule has 4 rings (SSSR count). The number of ether oxygens (including phenoxy) is 2. The lowest BCUT2D eigenvalue weighted by molar-refractivity contribution is -0.895. The van der Waals surface area contributed by atoms with Crippen molar-refractivity contribution in [2.75, 3.05) is 44.6 Å². The topological polar surface area (TPSA) is 72.3 Å². The second-order valence-electron chi connectivity index (χ2n) is 8.41. The molecule has 164 valence electrons. The fraction of sp³-hybridized carbons (Fsp3) is 0.417. The maximum absolute atomic E-state index is 12.9. The number of quaternary nitrogens is 1. The van der Waals surface area contributed by atoms with Crippen LogP contribution in [0.2, 0.25) is 0 Å². The SMILES string of the molecule is CC(C)c1ccccc1NC(=O)C[NH+]1CCN(C(=O)[C@H]2COc3ccccc3O2)CC1. The molecule has 0 aromatic heterocycles. The molecule has 0 radical (unpaired) electrons. The number of rotatable bonds is 5. The van der Waals surface area contributed by atoms with Crippen molar-refractivity contribution in [2.45, 2.75) is 25.9 Å². The van der Waals surface area contributed by atoms with Gasteiger partial charge in [-0.1, -0.05) is 44.2 Å². The number of para-hydroxylation sites is 3. The van der Waals surface area contributed by atoms with Crippen molar-refractivity contribution in [3.63, 3.8) is 0 Å². The summed E-state index contributed by atoms with van der Waals surface area (Å²) in [4.78, 5) is 28.4. The van der Waals surface area contributed by atoms with Gasteiger partial charge >= 0.3 is 0 Å². The summed E-state index contributed by atoms with van der Waals surface area (Å²) >= 11 is 0. The smallest absolute Gasteiger partial charge is 0.279 e. The van der Waals surface area contributed by atoms with Gasteiger partial charge in [-0.3, -0.25) is 9.59 Å². The molecule has 1 fully saturated rings. The number of hydrogen-bond acceptors (Lipinski definition) is 4. The molecule has 0 spiro atoms. The Bertz CT molecular complexity index is 938. The first-order chi connectivity index (χ1) is 15.0. The lowest BCUT2D eigenvalue weighted by atomic mass is 10.0. The fourth-order valence-corrected chi connectivity index (χ4v) is 4.10. The molecule has 0 bridgehead atoms. The van der Waals surface area contributed by atoms with Gasteiger partial charge in [0, 0.05) is 5.69 Å². The van der Waals surface area contributed by atoms with E-state index >= 15 is 0 Å². The van der Waals surface area contributed by atoms with Crippen LogP contribution in [0.5, 0.6) is 11.5 Å². The van der Waals surface area contributed by atoms with Crippen molar-refractivity contribution in [3.8, 4) is 11.5 Å². The number of benzene rings is 2. The third-order valence-electron chi connectivity index (χ3n) is 5.83. The van der Waals surface area contributed by atoms with E-state index in [-0.39, 0.29) is 18.4 Å². The van der Waals surface area contributed by atoms with Gasteiger partial charge in [-0.25, -0.2) is 0 Å². The maximum Gasteiger partial charge on any atom is 0.279 e. The summed E-state index contributed by atoms with van der Waals surface area (Å²) in [5.74, 6) is 1.57. The molecule has 2 N–H and O–H groups in total. The first-order valence-electron chi connectivity index (χ1n) is 10.9. The van der Waals surface area contributed by atoms with Crippen LogP contribution in [0.15, 0.2) is 48.5 Å². The van der Waals surface area contributed by atoms with E-state index in [9.17, 15) is 9.59 Å². The molecule has 2 aromatic carbocycles. The molecule has 2 heterocycles. The summed E-state index contributed by atoms with van der Waals surface area (Å²) in [7, 11) is 0. The Morgan fingerprint density at radius 1 is 1.06 bits per heavy atom. The molecule has 31 heavy (non-hydrogen) atoms. The summed E-state index contributed by atoms with van der Waals surface area (Å²) in [5, 5.41) is 3.06. The lowest BCUT2D eigenvalue weighted by Gasteiger charge is -2.35. The third-order valence-corrected chi connectivity index (χ3v) is 5.83. The van der Waals surface area contributed by atoms with Gasteiger partial charge in [-0.05, 0) is 29.7 Å². The Hall–Kier alpha value is -3.06. The van der Waals surface area contributed by atoms with Crippen molar-refractivity contribution >= 4 is 17.5 Å². The number of anilines is 1. The highest BCUT2D eigenvalue weighted by Gasteiger charge is 2.34. The molecule has 0 saturated carbocycles. The largest absolute Gasteiger partial charge is 0.485 e. The zero-order valence-electron chi connectivity index (χ0n) is 18.1. The number of fused-ring (bicyclic) bond motifs is 1. The number of amides is 2. The zero-order valence-corrected chi connectivity index (χ0v) is 18.1. The second kappa shape index (κ2) is 9.39. The minimum atomic E-state index is -0.618. The number of nitrogens with one attached hydrogen (secondary N) is 2. The molecule has 2 aliphatic rings.